The van der Waals surface area contributed by atoms with Crippen molar-refractivity contribution in [1.29, 1.82) is 0 Å². The van der Waals surface area contributed by atoms with Gasteiger partial charge in [0.2, 0.25) is 0 Å². The molecule has 2 heterocycles. The zero-order valence-electron chi connectivity index (χ0n) is 14.0. The number of aromatic amines is 1. The van der Waals surface area contributed by atoms with E-state index in [1.54, 1.807) is 12.3 Å². The largest absolute Gasteiger partial charge is 0.360 e. The van der Waals surface area contributed by atoms with Gasteiger partial charge in [-0.05, 0) is 32.1 Å². The number of amides is 2. The molecule has 124 valence electrons. The molecule has 2 aliphatic rings. The van der Waals surface area contributed by atoms with E-state index in [-0.39, 0.29) is 17.7 Å². The van der Waals surface area contributed by atoms with Crippen LogP contribution < -0.4 is 5.32 Å². The Kier molecular flexibility index (Phi) is 3.50. The minimum atomic E-state index is -0.307. The monoisotopic (exact) mass is 331 g/mol. The number of hydrogen-bond donors (Lipinski definition) is 2. The summed E-state index contributed by atoms with van der Waals surface area (Å²) in [6.45, 7) is 3.77. The summed E-state index contributed by atoms with van der Waals surface area (Å²) in [5.74, 6) is -0.365. The number of rotatable bonds is 1. The van der Waals surface area contributed by atoms with Gasteiger partial charge in [-0.25, -0.2) is 4.99 Å². The number of fused-ring (bicyclic) bond motifs is 2. The molecule has 1 aliphatic heterocycles. The number of nitrogens with zero attached hydrogens (tertiary/aromatic N) is 1. The molecule has 0 bridgehead atoms. The van der Waals surface area contributed by atoms with Gasteiger partial charge in [-0.15, -0.1) is 0 Å². The van der Waals surface area contributed by atoms with Gasteiger partial charge in [-0.1, -0.05) is 29.8 Å². The number of hydrogen-bond acceptors (Lipinski definition) is 2. The Morgan fingerprint density at radius 1 is 1.20 bits per heavy atom. The first kappa shape index (κ1) is 15.3. The maximum absolute atomic E-state index is 12.6. The molecular formula is C20H17N3O2. The molecular weight excluding hydrogens is 314 g/mol. The minimum Gasteiger partial charge on any atom is -0.360 e. The van der Waals surface area contributed by atoms with Crippen molar-refractivity contribution in [2.75, 3.05) is 0 Å². The van der Waals surface area contributed by atoms with E-state index >= 15 is 0 Å². The van der Waals surface area contributed by atoms with Crippen molar-refractivity contribution < 1.29 is 9.59 Å². The van der Waals surface area contributed by atoms with Gasteiger partial charge in [-0.3, -0.25) is 9.59 Å². The van der Waals surface area contributed by atoms with E-state index in [0.29, 0.717) is 11.3 Å². The maximum Gasteiger partial charge on any atom is 0.279 e. The molecule has 1 aromatic carbocycles. The second-order valence-electron chi connectivity index (χ2n) is 6.29. The highest BCUT2D eigenvalue weighted by molar-refractivity contribution is 6.17. The number of aromatic nitrogens is 1. The fourth-order valence-electron chi connectivity index (χ4n) is 3.22. The number of aliphatic imine (C=N–C) groups is 1. The summed E-state index contributed by atoms with van der Waals surface area (Å²) in [6.07, 6.45) is 7.24. The highest BCUT2D eigenvalue weighted by atomic mass is 16.2. The third-order valence-electron chi connectivity index (χ3n) is 4.80. The van der Waals surface area contributed by atoms with Crippen LogP contribution in [0.2, 0.25) is 0 Å². The standard InChI is InChI=1S/C20H17N3O2/c1-11-12(2)19(24)23-18-9-13(7-8-14(11)18)22-20(25)16-10-21-17-6-4-3-5-15(16)17/h3-10,14,21H,1-2H3,(H,23,24). The summed E-state index contributed by atoms with van der Waals surface area (Å²) in [5.41, 5.74) is 4.50. The average Bonchev–Trinajstić information content (AvgIpc) is 3.04. The van der Waals surface area contributed by atoms with Crippen LogP contribution in [0.3, 0.4) is 0 Å². The Bertz CT molecular complexity index is 1030. The molecule has 2 amide bonds. The highest BCUT2D eigenvalue weighted by Crippen LogP contribution is 2.30. The Morgan fingerprint density at radius 2 is 2.00 bits per heavy atom. The average molecular weight is 331 g/mol. The number of benzene rings is 1. The number of nitrogens with one attached hydrogen (secondary N) is 2. The van der Waals surface area contributed by atoms with Crippen molar-refractivity contribution in [2.24, 2.45) is 10.9 Å². The summed E-state index contributed by atoms with van der Waals surface area (Å²) in [4.78, 5) is 31.8. The molecule has 0 radical (unpaired) electrons. The quantitative estimate of drug-likeness (QED) is 0.841. The Balaban J connectivity index is 1.68. The molecule has 25 heavy (non-hydrogen) atoms. The predicted octanol–water partition coefficient (Wildman–Crippen LogP) is 3.29. The molecule has 0 fully saturated rings. The molecule has 1 atom stereocenters. The molecule has 1 aliphatic carbocycles. The number of allylic oxidation sites excluding steroid dienone is 3. The van der Waals surface area contributed by atoms with Crippen LogP contribution in [0.15, 0.2) is 70.5 Å². The van der Waals surface area contributed by atoms with E-state index in [1.165, 1.54) is 0 Å². The first-order valence-electron chi connectivity index (χ1n) is 8.12. The lowest BCUT2D eigenvalue weighted by atomic mass is 9.85. The van der Waals surface area contributed by atoms with Crippen molar-refractivity contribution in [2.45, 2.75) is 13.8 Å². The lowest BCUT2D eigenvalue weighted by Gasteiger charge is -2.28. The van der Waals surface area contributed by atoms with E-state index in [9.17, 15) is 9.59 Å². The van der Waals surface area contributed by atoms with Gasteiger partial charge in [0.15, 0.2) is 0 Å². The van der Waals surface area contributed by atoms with Gasteiger partial charge in [0.1, 0.15) is 0 Å². The molecule has 5 heteroatoms. The lowest BCUT2D eigenvalue weighted by molar-refractivity contribution is -0.117. The number of para-hydroxylation sites is 1. The molecule has 0 saturated carbocycles. The van der Waals surface area contributed by atoms with Crippen molar-refractivity contribution >= 4 is 28.4 Å². The molecule has 0 saturated heterocycles. The van der Waals surface area contributed by atoms with Gasteiger partial charge < -0.3 is 10.3 Å². The maximum atomic E-state index is 12.6. The number of carbonyl (C=O) groups excluding carboxylic acids is 2. The molecule has 0 spiro atoms. The molecule has 2 aromatic rings. The summed E-state index contributed by atoms with van der Waals surface area (Å²) >= 11 is 0. The topological polar surface area (TPSA) is 74.3 Å². The summed E-state index contributed by atoms with van der Waals surface area (Å²) in [7, 11) is 0. The second-order valence-corrected chi connectivity index (χ2v) is 6.29. The van der Waals surface area contributed by atoms with Gasteiger partial charge in [0.05, 0.1) is 11.3 Å². The second kappa shape index (κ2) is 5.70. The van der Waals surface area contributed by atoms with Crippen LogP contribution in [0.5, 0.6) is 0 Å². The SMILES string of the molecule is CC1=C(C)C2C=CC(=NC(=O)c3c[nH]c4ccccc34)C=C2NC1=O. The minimum absolute atomic E-state index is 0.0415. The summed E-state index contributed by atoms with van der Waals surface area (Å²) in [6, 6.07) is 7.61. The third-order valence-corrected chi connectivity index (χ3v) is 4.80. The summed E-state index contributed by atoms with van der Waals surface area (Å²) in [5, 5.41) is 3.73. The lowest BCUT2D eigenvalue weighted by Crippen LogP contribution is -2.35. The smallest absolute Gasteiger partial charge is 0.279 e. The van der Waals surface area contributed by atoms with Crippen LogP contribution in [0.4, 0.5) is 0 Å². The molecule has 1 aromatic heterocycles. The fraction of sp³-hybridized carbons (Fsp3) is 0.150. The highest BCUT2D eigenvalue weighted by Gasteiger charge is 2.27. The van der Waals surface area contributed by atoms with Crippen LogP contribution in [-0.4, -0.2) is 22.5 Å². The van der Waals surface area contributed by atoms with Crippen LogP contribution >= 0.6 is 0 Å². The third kappa shape index (κ3) is 2.54. The van der Waals surface area contributed by atoms with Gasteiger partial charge in [0, 0.05) is 34.3 Å². The van der Waals surface area contributed by atoms with E-state index in [0.717, 1.165) is 27.7 Å². The van der Waals surface area contributed by atoms with Crippen LogP contribution in [0.25, 0.3) is 10.9 Å². The molecule has 4 rings (SSSR count). The normalized spacial score (nSPS) is 21.4. The van der Waals surface area contributed by atoms with Crippen molar-refractivity contribution in [3.8, 4) is 0 Å². The van der Waals surface area contributed by atoms with Crippen LogP contribution in [-0.2, 0) is 4.79 Å². The van der Waals surface area contributed by atoms with E-state index in [4.69, 9.17) is 0 Å². The number of carbonyl (C=O) groups is 2. The Labute approximate surface area is 144 Å². The Morgan fingerprint density at radius 3 is 2.84 bits per heavy atom. The molecule has 5 nitrogen and oxygen atoms in total. The van der Waals surface area contributed by atoms with Gasteiger partial charge >= 0.3 is 0 Å². The first-order chi connectivity index (χ1) is 12.0. The Hall–Kier alpha value is -3.21. The predicted molar refractivity (Wildman–Crippen MR) is 97.3 cm³/mol. The fourth-order valence-corrected chi connectivity index (χ4v) is 3.22. The van der Waals surface area contributed by atoms with Crippen molar-refractivity contribution in [3.05, 3.63) is 71.1 Å². The van der Waals surface area contributed by atoms with E-state index < -0.39 is 0 Å². The van der Waals surface area contributed by atoms with E-state index in [1.807, 2.05) is 50.3 Å². The first-order valence-corrected chi connectivity index (χ1v) is 8.12. The zero-order chi connectivity index (χ0) is 17.6. The van der Waals surface area contributed by atoms with Crippen LogP contribution in [0, 0.1) is 5.92 Å². The molecule has 1 unspecified atom stereocenters. The van der Waals surface area contributed by atoms with Crippen LogP contribution in [0.1, 0.15) is 24.2 Å². The zero-order valence-corrected chi connectivity index (χ0v) is 14.0. The van der Waals surface area contributed by atoms with Crippen molar-refractivity contribution in [3.63, 3.8) is 0 Å². The van der Waals surface area contributed by atoms with E-state index in [2.05, 4.69) is 15.3 Å². The van der Waals surface area contributed by atoms with Gasteiger partial charge in [0.25, 0.3) is 11.8 Å². The van der Waals surface area contributed by atoms with Crippen molar-refractivity contribution in [1.82, 2.24) is 10.3 Å². The van der Waals surface area contributed by atoms with Gasteiger partial charge in [-0.2, -0.15) is 0 Å². The summed E-state index contributed by atoms with van der Waals surface area (Å²) < 4.78 is 0. The molecule has 2 N–H and O–H groups in total. The number of H-pyrrole nitrogens is 1.